The van der Waals surface area contributed by atoms with E-state index in [-0.39, 0.29) is 40.7 Å². The first-order valence-electron chi connectivity index (χ1n) is 13.3. The van der Waals surface area contributed by atoms with Crippen molar-refractivity contribution < 1.29 is 56.9 Å². The number of nitrogen functional groups attached to an aromatic ring is 2. The molecule has 3 aliphatic rings. The number of aliphatic hydroxyl groups is 2. The molecule has 25 heteroatoms. The molecular weight excluding hydrogens is 662 g/mol. The zero-order valence-corrected chi connectivity index (χ0v) is 24.8. The molecule has 0 amide bonds. The number of hydrogen-bond donors (Lipinski definition) is 7. The molecule has 0 bridgehead atoms. The molecule has 46 heavy (non-hydrogen) atoms. The number of H-pyrrole nitrogens is 1. The Hall–Kier alpha value is -3.57. The SMILES string of the molecule is Nc1nc2c(ncn2C2OC3(CO)COC3C2OP(=O)(O)OCC2OC(n3cnc4c(N)ncnc43)C(O)C2O[P+](=O)O)c(=O)[nH]1. The van der Waals surface area contributed by atoms with Gasteiger partial charge in [0.2, 0.25) is 5.95 Å². The second-order valence-electron chi connectivity index (χ2n) is 10.5. The summed E-state index contributed by atoms with van der Waals surface area (Å²) in [5.41, 5.74) is 9.72. The van der Waals surface area contributed by atoms with Gasteiger partial charge in [-0.25, -0.2) is 24.5 Å². The molecule has 4 aromatic heterocycles. The third kappa shape index (κ3) is 5.06. The fourth-order valence-electron chi connectivity index (χ4n) is 5.67. The van der Waals surface area contributed by atoms with Crippen LogP contribution in [0.15, 0.2) is 23.8 Å². The number of nitrogens with one attached hydrogen (secondary N) is 1. The number of nitrogens with zero attached hydrogens (tertiary/aromatic N) is 7. The predicted octanol–water partition coefficient (Wildman–Crippen LogP) is -2.42. The highest BCUT2D eigenvalue weighted by Crippen LogP contribution is 2.55. The Kier molecular flexibility index (Phi) is 7.62. The summed E-state index contributed by atoms with van der Waals surface area (Å²) < 4.78 is 60.5. The molecule has 246 valence electrons. The third-order valence-corrected chi connectivity index (χ3v) is 9.20. The number of hydrogen-bond acceptors (Lipinski definition) is 18. The molecule has 0 spiro atoms. The molecule has 0 aliphatic carbocycles. The second kappa shape index (κ2) is 11.3. The molecule has 3 saturated heterocycles. The van der Waals surface area contributed by atoms with Gasteiger partial charge in [0.05, 0.1) is 32.5 Å². The minimum atomic E-state index is -5.09. The Balaban J connectivity index is 1.13. The summed E-state index contributed by atoms with van der Waals surface area (Å²) >= 11 is 0. The lowest BCUT2D eigenvalue weighted by Gasteiger charge is -2.42. The van der Waals surface area contributed by atoms with Gasteiger partial charge in [-0.15, -0.1) is 9.42 Å². The number of phosphoric acid groups is 1. The van der Waals surface area contributed by atoms with Gasteiger partial charge < -0.3 is 40.8 Å². The minimum Gasteiger partial charge on any atom is -0.393 e. The van der Waals surface area contributed by atoms with Gasteiger partial charge in [0.15, 0.2) is 41.2 Å². The molecule has 3 fully saturated rings. The van der Waals surface area contributed by atoms with Gasteiger partial charge in [0, 0.05) is 4.57 Å². The first kappa shape index (κ1) is 31.1. The van der Waals surface area contributed by atoms with E-state index in [1.165, 1.54) is 21.8 Å². The summed E-state index contributed by atoms with van der Waals surface area (Å²) in [6, 6.07) is 0. The molecule has 0 radical (unpaired) electrons. The highest BCUT2D eigenvalue weighted by Gasteiger charge is 2.65. The summed E-state index contributed by atoms with van der Waals surface area (Å²) in [5, 5.41) is 21.1. The Labute approximate surface area is 255 Å². The number of imidazole rings is 2. The van der Waals surface area contributed by atoms with E-state index in [0.29, 0.717) is 0 Å². The third-order valence-electron chi connectivity index (χ3n) is 7.79. The van der Waals surface area contributed by atoms with Crippen LogP contribution in [0.2, 0.25) is 0 Å². The first-order chi connectivity index (χ1) is 21.9. The van der Waals surface area contributed by atoms with Crippen LogP contribution in [-0.4, -0.2) is 115 Å². The minimum absolute atomic E-state index is 0.0422. The van der Waals surface area contributed by atoms with E-state index in [9.17, 15) is 33.9 Å². The van der Waals surface area contributed by atoms with Crippen molar-refractivity contribution in [2.45, 2.75) is 48.6 Å². The van der Waals surface area contributed by atoms with Crippen LogP contribution in [0.3, 0.4) is 0 Å². The Morgan fingerprint density at radius 2 is 1.87 bits per heavy atom. The number of nitrogens with two attached hydrogens (primary N) is 2. The van der Waals surface area contributed by atoms with E-state index in [0.717, 1.165) is 6.33 Å². The average Bonchev–Trinajstić information content (AvgIpc) is 3.72. The lowest BCUT2D eigenvalue weighted by atomic mass is 9.91. The number of fused-ring (bicyclic) bond motifs is 3. The molecule has 0 saturated carbocycles. The van der Waals surface area contributed by atoms with Gasteiger partial charge in [-0.1, -0.05) is 0 Å². The van der Waals surface area contributed by atoms with Crippen LogP contribution in [0.5, 0.6) is 0 Å². The van der Waals surface area contributed by atoms with Crippen LogP contribution in [-0.2, 0) is 36.9 Å². The van der Waals surface area contributed by atoms with E-state index < -0.39 is 83.4 Å². The Morgan fingerprint density at radius 1 is 1.13 bits per heavy atom. The Bertz CT molecular complexity index is 1940. The Morgan fingerprint density at radius 3 is 2.57 bits per heavy atom. The number of ether oxygens (including phenoxy) is 3. The van der Waals surface area contributed by atoms with Crippen molar-refractivity contribution in [3.63, 3.8) is 0 Å². The van der Waals surface area contributed by atoms with Gasteiger partial charge in [-0.3, -0.25) is 28.0 Å². The van der Waals surface area contributed by atoms with E-state index in [1.54, 1.807) is 0 Å². The van der Waals surface area contributed by atoms with Gasteiger partial charge in [0.1, 0.15) is 41.9 Å². The second-order valence-corrected chi connectivity index (χ2v) is 12.6. The molecular formula is C21H25N10O13P2+. The quantitative estimate of drug-likeness (QED) is 0.0852. The van der Waals surface area contributed by atoms with Gasteiger partial charge in [-0.05, 0) is 0 Å². The monoisotopic (exact) mass is 687 g/mol. The predicted molar refractivity (Wildman–Crippen MR) is 147 cm³/mol. The normalized spacial score (nSPS) is 32.4. The summed E-state index contributed by atoms with van der Waals surface area (Å²) in [4.78, 5) is 55.0. The van der Waals surface area contributed by atoms with Crippen molar-refractivity contribution in [1.82, 2.24) is 39.0 Å². The van der Waals surface area contributed by atoms with E-state index in [1.807, 2.05) is 0 Å². The lowest BCUT2D eigenvalue weighted by Crippen LogP contribution is -2.61. The highest BCUT2D eigenvalue weighted by atomic mass is 31.2. The van der Waals surface area contributed by atoms with Crippen molar-refractivity contribution in [1.29, 1.82) is 0 Å². The van der Waals surface area contributed by atoms with Gasteiger partial charge in [-0.2, -0.15) is 4.98 Å². The molecule has 10 unspecified atom stereocenters. The van der Waals surface area contributed by atoms with Crippen molar-refractivity contribution >= 4 is 50.2 Å². The van der Waals surface area contributed by atoms with E-state index in [2.05, 4.69) is 29.9 Å². The van der Waals surface area contributed by atoms with Crippen LogP contribution in [0, 0.1) is 0 Å². The number of rotatable bonds is 10. The zero-order valence-electron chi connectivity index (χ0n) is 23.0. The standard InChI is InChI=1S/C21H24N10O13P2/c22-14-8-15(25-4-24-14)30(5-26-8)18-10(33)11(43-45(35)36)7(41-18)1-40-46(37,38)44-12-13-21(2-32,3-39-13)42-19(12)31-6-27-9-16(31)28-20(23)29-17(9)34/h4-7,10-13,18-19,32-33H,1-3H2,(H6-,22,23,24,25,28,29,34,35,36,37,38)/p+1. The van der Waals surface area contributed by atoms with Crippen LogP contribution >= 0.6 is 16.1 Å². The topological polar surface area (TPSA) is 330 Å². The maximum absolute atomic E-state index is 13.3. The maximum atomic E-state index is 13.3. The number of aromatic nitrogens is 8. The van der Waals surface area contributed by atoms with Gasteiger partial charge in [0.25, 0.3) is 5.56 Å². The maximum Gasteiger partial charge on any atom is 0.695 e. The molecule has 0 aromatic carbocycles. The van der Waals surface area contributed by atoms with Crippen molar-refractivity contribution in [2.24, 2.45) is 0 Å². The van der Waals surface area contributed by atoms with Crippen LogP contribution in [0.4, 0.5) is 11.8 Å². The highest BCUT2D eigenvalue weighted by molar-refractivity contribution is 7.47. The number of aliphatic hydroxyl groups excluding tert-OH is 2. The number of phosphoric ester groups is 1. The summed E-state index contributed by atoms with van der Waals surface area (Å²) in [6.45, 7) is -1.44. The smallest absolute Gasteiger partial charge is 0.393 e. The zero-order chi connectivity index (χ0) is 32.5. The van der Waals surface area contributed by atoms with Crippen molar-refractivity contribution in [2.75, 3.05) is 31.3 Å². The van der Waals surface area contributed by atoms with Crippen LogP contribution in [0.25, 0.3) is 22.3 Å². The largest absolute Gasteiger partial charge is 0.695 e. The fourth-order valence-corrected chi connectivity index (χ4v) is 7.06. The van der Waals surface area contributed by atoms with Crippen LogP contribution < -0.4 is 17.0 Å². The molecule has 23 nitrogen and oxygen atoms in total. The average molecular weight is 687 g/mol. The number of anilines is 2. The molecule has 10 atom stereocenters. The molecule has 3 aliphatic heterocycles. The van der Waals surface area contributed by atoms with Crippen LogP contribution in [0.1, 0.15) is 12.5 Å². The van der Waals surface area contributed by atoms with E-state index >= 15 is 0 Å². The number of aromatic amines is 1. The molecule has 7 heterocycles. The fraction of sp³-hybridized carbons (Fsp3) is 0.524. The molecule has 4 aromatic rings. The van der Waals surface area contributed by atoms with Crippen molar-refractivity contribution in [3.05, 3.63) is 29.3 Å². The van der Waals surface area contributed by atoms with Gasteiger partial charge >= 0.3 is 16.1 Å². The lowest BCUT2D eigenvalue weighted by molar-refractivity contribution is -0.245. The molecule has 7 rings (SSSR count). The van der Waals surface area contributed by atoms with Crippen molar-refractivity contribution in [3.8, 4) is 0 Å². The summed E-state index contributed by atoms with van der Waals surface area (Å²) in [7, 11) is -8.36. The first-order valence-corrected chi connectivity index (χ1v) is 15.9. The summed E-state index contributed by atoms with van der Waals surface area (Å²) in [5.74, 6) is -0.189. The molecule has 9 N–H and O–H groups in total. The summed E-state index contributed by atoms with van der Waals surface area (Å²) in [6.07, 6.45) is -6.12. The van der Waals surface area contributed by atoms with E-state index in [4.69, 9.17) is 39.2 Å².